The molecule has 1 amide bonds. The maximum absolute atomic E-state index is 13.5. The van der Waals surface area contributed by atoms with Gasteiger partial charge in [-0.3, -0.25) is 4.79 Å². The molecule has 4 heterocycles. The summed E-state index contributed by atoms with van der Waals surface area (Å²) in [5.41, 5.74) is 7.80. The van der Waals surface area contributed by atoms with Crippen molar-refractivity contribution < 1.29 is 18.0 Å². The minimum atomic E-state index is -4.60. The predicted octanol–water partition coefficient (Wildman–Crippen LogP) is 4.64. The van der Waals surface area contributed by atoms with Crippen molar-refractivity contribution in [2.45, 2.75) is 25.7 Å². The Balaban J connectivity index is 1.69. The van der Waals surface area contributed by atoms with Crippen LogP contribution in [0.25, 0.3) is 11.0 Å². The van der Waals surface area contributed by atoms with Crippen molar-refractivity contribution in [2.24, 2.45) is 0 Å². The number of alkyl halides is 3. The number of hydrogen-bond acceptors (Lipinski definition) is 8. The third-order valence-electron chi connectivity index (χ3n) is 4.85. The summed E-state index contributed by atoms with van der Waals surface area (Å²) >= 11 is 4.68. The molecule has 2 N–H and O–H groups in total. The Hall–Kier alpha value is -3.19. The van der Waals surface area contributed by atoms with Gasteiger partial charge in [-0.2, -0.15) is 18.3 Å². The van der Waals surface area contributed by atoms with E-state index in [1.165, 1.54) is 28.5 Å². The number of hydrogen-bond donors (Lipinski definition) is 1. The number of carbonyl (C=O) groups excluding carboxylic acids is 1. The molecule has 13 heteroatoms. The number of thiazole rings is 1. The van der Waals surface area contributed by atoms with Crippen LogP contribution in [0.1, 0.15) is 40.4 Å². The first-order valence-electron chi connectivity index (χ1n) is 9.44. The monoisotopic (exact) mass is 537 g/mol. The Morgan fingerprint density at radius 3 is 2.67 bits per heavy atom. The first-order chi connectivity index (χ1) is 15.6. The zero-order chi connectivity index (χ0) is 23.8. The molecule has 0 aromatic carbocycles. The van der Waals surface area contributed by atoms with Gasteiger partial charge in [0.05, 0.1) is 39.5 Å². The van der Waals surface area contributed by atoms with Crippen LogP contribution >= 0.6 is 27.3 Å². The van der Waals surface area contributed by atoms with Gasteiger partial charge < -0.3 is 10.6 Å². The molecule has 4 aromatic rings. The molecule has 0 aliphatic rings. The zero-order valence-electron chi connectivity index (χ0n) is 16.9. The van der Waals surface area contributed by atoms with E-state index in [0.29, 0.717) is 21.2 Å². The maximum atomic E-state index is 13.5. The van der Waals surface area contributed by atoms with E-state index in [9.17, 15) is 18.0 Å². The number of pyridine rings is 2. The van der Waals surface area contributed by atoms with Crippen molar-refractivity contribution in [3.63, 3.8) is 0 Å². The molecule has 33 heavy (non-hydrogen) atoms. The fraction of sp³-hybridized carbons (Fsp3) is 0.200. The van der Waals surface area contributed by atoms with Crippen molar-refractivity contribution in [3.05, 3.63) is 68.5 Å². The molecular formula is C20H15BrF3N7OS. The Labute approximate surface area is 197 Å². The smallest absolute Gasteiger partial charge is 0.383 e. The Kier molecular flexibility index (Phi) is 6.26. The highest BCUT2D eigenvalue weighted by Gasteiger charge is 2.33. The number of nitrogen functional groups attached to an aromatic ring is 1. The van der Waals surface area contributed by atoms with Crippen LogP contribution in [-0.2, 0) is 12.7 Å². The van der Waals surface area contributed by atoms with Crippen LogP contribution < -0.4 is 5.73 Å². The normalized spacial score (nSPS) is 12.6. The largest absolute Gasteiger partial charge is 0.435 e. The van der Waals surface area contributed by atoms with Crippen LogP contribution in [0.3, 0.4) is 0 Å². The van der Waals surface area contributed by atoms with Crippen LogP contribution in [0, 0.1) is 0 Å². The highest BCUT2D eigenvalue weighted by Crippen LogP contribution is 2.29. The summed E-state index contributed by atoms with van der Waals surface area (Å²) in [7, 11) is 0. The molecule has 8 nitrogen and oxygen atoms in total. The molecule has 1 atom stereocenters. The number of aromatic nitrogens is 5. The number of fused-ring (bicyclic) bond motifs is 1. The van der Waals surface area contributed by atoms with E-state index in [1.807, 2.05) is 0 Å². The number of nitrogens with zero attached hydrogens (tertiary/aromatic N) is 6. The molecule has 0 unspecified atom stereocenters. The van der Waals surface area contributed by atoms with E-state index >= 15 is 0 Å². The van der Waals surface area contributed by atoms with Crippen molar-refractivity contribution in [3.8, 4) is 0 Å². The van der Waals surface area contributed by atoms with E-state index in [2.05, 4.69) is 41.1 Å². The number of rotatable bonds is 5. The van der Waals surface area contributed by atoms with E-state index in [4.69, 9.17) is 5.73 Å². The van der Waals surface area contributed by atoms with Gasteiger partial charge in [0.25, 0.3) is 5.91 Å². The van der Waals surface area contributed by atoms with Gasteiger partial charge in [0.2, 0.25) is 0 Å². The molecule has 0 saturated heterocycles. The van der Waals surface area contributed by atoms with Crippen LogP contribution in [-0.4, -0.2) is 36.0 Å². The zero-order valence-corrected chi connectivity index (χ0v) is 19.3. The fourth-order valence-corrected chi connectivity index (χ4v) is 4.05. The molecule has 170 valence electrons. The summed E-state index contributed by atoms with van der Waals surface area (Å²) < 4.78 is 39.1. The lowest BCUT2D eigenvalue weighted by Crippen LogP contribution is -2.34. The second kappa shape index (κ2) is 8.98. The molecule has 0 spiro atoms. The molecule has 4 aromatic heterocycles. The van der Waals surface area contributed by atoms with Crippen LogP contribution in [0.4, 0.5) is 19.0 Å². The number of anilines is 1. The predicted molar refractivity (Wildman–Crippen MR) is 119 cm³/mol. The van der Waals surface area contributed by atoms with Crippen LogP contribution in [0.2, 0.25) is 0 Å². The number of nitrogens with two attached hydrogens (primary N) is 1. The Morgan fingerprint density at radius 1 is 1.24 bits per heavy atom. The minimum absolute atomic E-state index is 0.0790. The van der Waals surface area contributed by atoms with Gasteiger partial charge in [0.15, 0.2) is 11.3 Å². The third kappa shape index (κ3) is 4.93. The molecule has 0 bridgehead atoms. The Bertz CT molecular complexity index is 1300. The van der Waals surface area contributed by atoms with Crippen molar-refractivity contribution in [2.75, 3.05) is 5.73 Å². The molecule has 0 fully saturated rings. The first kappa shape index (κ1) is 23.0. The molecule has 0 saturated carbocycles. The van der Waals surface area contributed by atoms with Gasteiger partial charge in [-0.25, -0.2) is 15.0 Å². The summed E-state index contributed by atoms with van der Waals surface area (Å²) in [5.74, 6) is -0.131. The van der Waals surface area contributed by atoms with Gasteiger partial charge in [0, 0.05) is 17.0 Å². The molecule has 0 radical (unpaired) electrons. The van der Waals surface area contributed by atoms with Gasteiger partial charge in [0.1, 0.15) is 5.82 Å². The average molecular weight is 538 g/mol. The SMILES string of the molecule is C[C@@H](c1cscn1)N(Cc1ccc(C(F)(F)F)nn1)C(=O)c1cnc2nc(N)c(Br)cc2c1. The molecule has 0 aliphatic carbocycles. The summed E-state index contributed by atoms with van der Waals surface area (Å²) in [6.07, 6.45) is -3.22. The van der Waals surface area contributed by atoms with Crippen LogP contribution in [0.5, 0.6) is 0 Å². The number of halogens is 4. The van der Waals surface area contributed by atoms with Crippen molar-refractivity contribution >= 4 is 50.0 Å². The lowest BCUT2D eigenvalue weighted by molar-refractivity contribution is -0.141. The van der Waals surface area contributed by atoms with E-state index in [0.717, 1.165) is 6.07 Å². The van der Waals surface area contributed by atoms with Gasteiger partial charge >= 0.3 is 6.18 Å². The van der Waals surface area contributed by atoms with Gasteiger partial charge in [-0.1, -0.05) is 0 Å². The number of carbonyl (C=O) groups is 1. The summed E-state index contributed by atoms with van der Waals surface area (Å²) in [6.45, 7) is 1.70. The highest BCUT2D eigenvalue weighted by atomic mass is 79.9. The number of amides is 1. The lowest BCUT2D eigenvalue weighted by atomic mass is 10.1. The highest BCUT2D eigenvalue weighted by molar-refractivity contribution is 9.10. The quantitative estimate of drug-likeness (QED) is 0.394. The lowest BCUT2D eigenvalue weighted by Gasteiger charge is -2.28. The molecular weight excluding hydrogens is 523 g/mol. The summed E-state index contributed by atoms with van der Waals surface area (Å²) in [5, 5.41) is 9.31. The summed E-state index contributed by atoms with van der Waals surface area (Å²) in [6, 6.07) is 4.88. The maximum Gasteiger partial charge on any atom is 0.435 e. The van der Waals surface area contributed by atoms with E-state index < -0.39 is 23.8 Å². The van der Waals surface area contributed by atoms with Gasteiger partial charge in [-0.15, -0.1) is 16.4 Å². The standard InChI is InChI=1S/C20H15BrF3N7OS/c1-10(15-8-33-9-27-15)31(7-13-2-3-16(30-29-13)20(22,23)24)19(32)12-4-11-5-14(21)17(25)28-18(11)26-6-12/h2-6,8-10H,7H2,1H3,(H2,25,26,28)/t10-/m0/s1. The first-order valence-corrected chi connectivity index (χ1v) is 11.2. The molecule has 0 aliphatic heterocycles. The summed E-state index contributed by atoms with van der Waals surface area (Å²) in [4.78, 5) is 27.6. The van der Waals surface area contributed by atoms with Crippen molar-refractivity contribution in [1.29, 1.82) is 0 Å². The second-order valence-electron chi connectivity index (χ2n) is 7.06. The molecule has 4 rings (SSSR count). The fourth-order valence-electron chi connectivity index (χ4n) is 3.08. The van der Waals surface area contributed by atoms with Crippen LogP contribution in [0.15, 0.2) is 45.8 Å². The average Bonchev–Trinajstić information content (AvgIpc) is 3.32. The minimum Gasteiger partial charge on any atom is -0.383 e. The second-order valence-corrected chi connectivity index (χ2v) is 8.63. The topological polar surface area (TPSA) is 111 Å². The third-order valence-corrected chi connectivity index (χ3v) is 6.09. The van der Waals surface area contributed by atoms with E-state index in [-0.39, 0.29) is 23.6 Å². The van der Waals surface area contributed by atoms with Gasteiger partial charge in [-0.05, 0) is 47.1 Å². The Morgan fingerprint density at radius 2 is 2.03 bits per heavy atom. The van der Waals surface area contributed by atoms with Crippen molar-refractivity contribution in [1.82, 2.24) is 30.0 Å². The van der Waals surface area contributed by atoms with E-state index in [1.54, 1.807) is 29.9 Å².